The molecule has 0 radical (unpaired) electrons. The van der Waals surface area contributed by atoms with Crippen molar-refractivity contribution >= 4 is 0 Å². The molecule has 1 aromatic rings. The monoisotopic (exact) mass is 279 g/mol. The van der Waals surface area contributed by atoms with Gasteiger partial charge in [0.1, 0.15) is 6.10 Å². The van der Waals surface area contributed by atoms with Crippen LogP contribution in [0, 0.1) is 19.8 Å². The van der Waals surface area contributed by atoms with Crippen molar-refractivity contribution in [3.05, 3.63) is 22.8 Å². The highest BCUT2D eigenvalue weighted by Crippen LogP contribution is 2.42. The van der Waals surface area contributed by atoms with Gasteiger partial charge in [0, 0.05) is 44.3 Å². The van der Waals surface area contributed by atoms with Crippen molar-refractivity contribution in [1.82, 2.24) is 15.3 Å². The summed E-state index contributed by atoms with van der Waals surface area (Å²) >= 11 is 0. The second kappa shape index (κ2) is 7.11. The number of nitrogens with zero attached hydrogens (tertiary/aromatic N) is 2. The van der Waals surface area contributed by atoms with Gasteiger partial charge < -0.3 is 14.8 Å². The number of ether oxygens (including phenoxy) is 2. The molecule has 1 fully saturated rings. The normalized spacial score (nSPS) is 16.4. The van der Waals surface area contributed by atoms with Crippen molar-refractivity contribution in [1.29, 1.82) is 0 Å². The van der Waals surface area contributed by atoms with E-state index < -0.39 is 0 Å². The minimum absolute atomic E-state index is 0.0582. The van der Waals surface area contributed by atoms with E-state index in [9.17, 15) is 0 Å². The summed E-state index contributed by atoms with van der Waals surface area (Å²) in [6.07, 6.45) is 2.50. The molecule has 2 rings (SSSR count). The number of aromatic nitrogens is 2. The fraction of sp³-hybridized carbons (Fsp3) is 0.733. The third-order valence-electron chi connectivity index (χ3n) is 3.78. The lowest BCUT2D eigenvalue weighted by Gasteiger charge is -2.17. The van der Waals surface area contributed by atoms with E-state index >= 15 is 0 Å². The highest BCUT2D eigenvalue weighted by molar-refractivity contribution is 5.25. The van der Waals surface area contributed by atoms with Crippen molar-refractivity contribution in [2.24, 2.45) is 5.92 Å². The maximum atomic E-state index is 5.57. The van der Waals surface area contributed by atoms with Crippen molar-refractivity contribution in [2.45, 2.75) is 39.3 Å². The number of aryl methyl sites for hydroxylation is 2. The molecular formula is C15H25N3O2. The van der Waals surface area contributed by atoms with Gasteiger partial charge in [0.05, 0.1) is 6.61 Å². The Bertz CT molecular complexity index is 424. The predicted octanol–water partition coefficient (Wildman–Crippen LogP) is 1.93. The van der Waals surface area contributed by atoms with E-state index in [2.05, 4.69) is 15.3 Å². The zero-order valence-corrected chi connectivity index (χ0v) is 12.9. The molecule has 0 amide bonds. The first-order chi connectivity index (χ1) is 9.67. The molecule has 0 aliphatic heterocycles. The Hall–Kier alpha value is -1.04. The highest BCUT2D eigenvalue weighted by atomic mass is 16.5. The summed E-state index contributed by atoms with van der Waals surface area (Å²) in [4.78, 5) is 9.32. The molecule has 1 saturated carbocycles. The molecule has 0 saturated heterocycles. The molecule has 1 heterocycles. The van der Waals surface area contributed by atoms with Gasteiger partial charge in [-0.2, -0.15) is 0 Å². The van der Waals surface area contributed by atoms with E-state index in [-0.39, 0.29) is 6.10 Å². The molecule has 1 aromatic heterocycles. The molecule has 112 valence electrons. The first-order valence-corrected chi connectivity index (χ1v) is 7.23. The Balaban J connectivity index is 2.07. The Kier molecular flexibility index (Phi) is 5.46. The molecule has 1 atom stereocenters. The van der Waals surface area contributed by atoms with Gasteiger partial charge in [-0.05, 0) is 32.6 Å². The zero-order valence-electron chi connectivity index (χ0n) is 12.9. The molecule has 20 heavy (non-hydrogen) atoms. The Morgan fingerprint density at radius 2 is 1.85 bits per heavy atom. The van der Waals surface area contributed by atoms with Crippen LogP contribution in [0.4, 0.5) is 0 Å². The lowest BCUT2D eigenvalue weighted by molar-refractivity contribution is 0.0768. The quantitative estimate of drug-likeness (QED) is 0.737. The highest BCUT2D eigenvalue weighted by Gasteiger charge is 2.34. The van der Waals surface area contributed by atoms with Gasteiger partial charge in [0.25, 0.3) is 0 Å². The molecule has 1 aliphatic carbocycles. The summed E-state index contributed by atoms with van der Waals surface area (Å²) in [5.41, 5.74) is 3.26. The van der Waals surface area contributed by atoms with Crippen LogP contribution >= 0.6 is 0 Å². The van der Waals surface area contributed by atoms with E-state index in [0.717, 1.165) is 30.3 Å². The van der Waals surface area contributed by atoms with Gasteiger partial charge in [0.2, 0.25) is 0 Å². The Labute approximate surface area is 121 Å². The lowest BCUT2D eigenvalue weighted by atomic mass is 10.1. The molecule has 0 aromatic carbocycles. The maximum Gasteiger partial charge on any atom is 0.157 e. The van der Waals surface area contributed by atoms with Crippen LogP contribution in [0.2, 0.25) is 0 Å². The number of methoxy groups -OCH3 is 2. The van der Waals surface area contributed by atoms with Crippen LogP contribution in [0.3, 0.4) is 0 Å². The van der Waals surface area contributed by atoms with Crippen LogP contribution in [0.15, 0.2) is 0 Å². The van der Waals surface area contributed by atoms with Crippen molar-refractivity contribution < 1.29 is 9.47 Å². The van der Waals surface area contributed by atoms with E-state index in [1.165, 1.54) is 18.4 Å². The summed E-state index contributed by atoms with van der Waals surface area (Å²) < 4.78 is 10.6. The third-order valence-corrected chi connectivity index (χ3v) is 3.78. The van der Waals surface area contributed by atoms with Gasteiger partial charge in [0.15, 0.2) is 5.82 Å². The molecule has 0 bridgehead atoms. The van der Waals surface area contributed by atoms with E-state index in [0.29, 0.717) is 12.5 Å². The fourth-order valence-electron chi connectivity index (χ4n) is 2.44. The summed E-state index contributed by atoms with van der Waals surface area (Å²) in [7, 11) is 3.45. The van der Waals surface area contributed by atoms with Crippen LogP contribution in [0.1, 0.15) is 41.7 Å². The zero-order chi connectivity index (χ0) is 14.5. The van der Waals surface area contributed by atoms with Crippen molar-refractivity contribution in [2.75, 3.05) is 27.4 Å². The molecule has 1 N–H and O–H groups in total. The summed E-state index contributed by atoms with van der Waals surface area (Å²) in [6.45, 7) is 6.42. The van der Waals surface area contributed by atoms with E-state index in [1.54, 1.807) is 14.2 Å². The molecule has 5 heteroatoms. The van der Waals surface area contributed by atoms with Crippen LogP contribution in [-0.4, -0.2) is 37.3 Å². The number of hydrogen-bond donors (Lipinski definition) is 1. The van der Waals surface area contributed by atoms with Gasteiger partial charge in [-0.1, -0.05) is 0 Å². The number of rotatable bonds is 8. The standard InChI is InChI=1S/C15H25N3O2/c1-10-13(9-16-7-8-19-3)11(2)18-15(17-10)14(20-4)12-5-6-12/h12,14,16H,5-9H2,1-4H3. The average molecular weight is 279 g/mol. The van der Waals surface area contributed by atoms with Crippen LogP contribution in [0.5, 0.6) is 0 Å². The summed E-state index contributed by atoms with van der Waals surface area (Å²) in [6, 6.07) is 0. The average Bonchev–Trinajstić information content (AvgIpc) is 3.22. The Morgan fingerprint density at radius 1 is 1.20 bits per heavy atom. The predicted molar refractivity (Wildman–Crippen MR) is 77.6 cm³/mol. The second-order valence-corrected chi connectivity index (χ2v) is 5.39. The largest absolute Gasteiger partial charge is 0.383 e. The topological polar surface area (TPSA) is 56.3 Å². The van der Waals surface area contributed by atoms with Crippen LogP contribution in [-0.2, 0) is 16.0 Å². The smallest absolute Gasteiger partial charge is 0.157 e. The molecular weight excluding hydrogens is 254 g/mol. The minimum Gasteiger partial charge on any atom is -0.383 e. The van der Waals surface area contributed by atoms with Crippen LogP contribution in [0.25, 0.3) is 0 Å². The fourth-order valence-corrected chi connectivity index (χ4v) is 2.44. The SMILES string of the molecule is COCCNCc1c(C)nc(C(OC)C2CC2)nc1C. The van der Waals surface area contributed by atoms with Crippen molar-refractivity contribution in [3.63, 3.8) is 0 Å². The first kappa shape index (κ1) is 15.4. The first-order valence-electron chi connectivity index (χ1n) is 7.23. The molecule has 1 unspecified atom stereocenters. The Morgan fingerprint density at radius 3 is 2.35 bits per heavy atom. The molecule has 0 spiro atoms. The number of hydrogen-bond acceptors (Lipinski definition) is 5. The summed E-state index contributed by atoms with van der Waals surface area (Å²) in [5, 5.41) is 3.35. The lowest BCUT2D eigenvalue weighted by Crippen LogP contribution is -2.21. The minimum atomic E-state index is 0.0582. The van der Waals surface area contributed by atoms with E-state index in [4.69, 9.17) is 9.47 Å². The van der Waals surface area contributed by atoms with Gasteiger partial charge in [-0.3, -0.25) is 0 Å². The van der Waals surface area contributed by atoms with Gasteiger partial charge in [-0.25, -0.2) is 9.97 Å². The van der Waals surface area contributed by atoms with Gasteiger partial charge in [-0.15, -0.1) is 0 Å². The van der Waals surface area contributed by atoms with E-state index in [1.807, 2.05) is 13.8 Å². The van der Waals surface area contributed by atoms with Crippen LogP contribution < -0.4 is 5.32 Å². The summed E-state index contributed by atoms with van der Waals surface area (Å²) in [5.74, 6) is 1.44. The molecule has 1 aliphatic rings. The van der Waals surface area contributed by atoms with Crippen molar-refractivity contribution in [3.8, 4) is 0 Å². The number of nitrogens with one attached hydrogen (secondary N) is 1. The second-order valence-electron chi connectivity index (χ2n) is 5.39. The third kappa shape index (κ3) is 3.75. The van der Waals surface area contributed by atoms with Gasteiger partial charge >= 0.3 is 0 Å². The maximum absolute atomic E-state index is 5.57. The molecule has 5 nitrogen and oxygen atoms in total.